The molecule has 0 aromatic heterocycles. The molecule has 0 aliphatic heterocycles. The van der Waals surface area contributed by atoms with Gasteiger partial charge in [0.05, 0.1) is 5.56 Å². The van der Waals surface area contributed by atoms with Crippen LogP contribution in [0, 0.1) is 0 Å². The molecule has 4 nitrogen and oxygen atoms in total. The second kappa shape index (κ2) is 13.0. The minimum Gasteiger partial charge on any atom is -0.508 e. The van der Waals surface area contributed by atoms with Crippen LogP contribution >= 0.6 is 0 Å². The van der Waals surface area contributed by atoms with Gasteiger partial charge in [-0.3, -0.25) is 0 Å². The van der Waals surface area contributed by atoms with Crippen molar-refractivity contribution in [2.45, 2.75) is 33.1 Å². The van der Waals surface area contributed by atoms with Crippen LogP contribution in [0.1, 0.15) is 54.6 Å². The number of nitrogens with zero attached hydrogens (tertiary/aromatic N) is 1. The van der Waals surface area contributed by atoms with Gasteiger partial charge >= 0.3 is 5.97 Å². The molecule has 0 aliphatic carbocycles. The fourth-order valence-electron chi connectivity index (χ4n) is 3.64. The summed E-state index contributed by atoms with van der Waals surface area (Å²) in [6.45, 7) is 6.00. The molecule has 0 saturated carbocycles. The van der Waals surface area contributed by atoms with Gasteiger partial charge in [0.15, 0.2) is 0 Å². The molecule has 0 unspecified atom stereocenters. The number of anilines is 1. The lowest BCUT2D eigenvalue weighted by Gasteiger charge is -2.22. The van der Waals surface area contributed by atoms with Gasteiger partial charge in [-0.15, -0.1) is 0 Å². The van der Waals surface area contributed by atoms with Gasteiger partial charge < -0.3 is 14.7 Å². The van der Waals surface area contributed by atoms with Crippen molar-refractivity contribution in [1.29, 1.82) is 0 Å². The van der Waals surface area contributed by atoms with E-state index in [4.69, 9.17) is 4.74 Å². The number of aromatic hydroxyl groups is 1. The van der Waals surface area contributed by atoms with Crippen LogP contribution in [0.3, 0.4) is 0 Å². The number of allylic oxidation sites excluding steroid dienone is 2. The van der Waals surface area contributed by atoms with Crippen LogP contribution < -0.4 is 9.64 Å². The first-order valence-electron chi connectivity index (χ1n) is 11.9. The summed E-state index contributed by atoms with van der Waals surface area (Å²) in [4.78, 5) is 14.9. The maximum absolute atomic E-state index is 12.7. The Labute approximate surface area is 202 Å². The molecule has 0 heterocycles. The molecule has 0 saturated heterocycles. The van der Waals surface area contributed by atoms with Crippen LogP contribution in [0.2, 0.25) is 0 Å². The second-order valence-electron chi connectivity index (χ2n) is 7.98. The Bertz CT molecular complexity index is 1100. The summed E-state index contributed by atoms with van der Waals surface area (Å²) in [6, 6.07) is 22.3. The minimum absolute atomic E-state index is 0.279. The molecule has 3 aromatic rings. The molecule has 0 spiro atoms. The smallest absolute Gasteiger partial charge is 0.343 e. The highest BCUT2D eigenvalue weighted by Crippen LogP contribution is 2.28. The number of benzene rings is 3. The normalized spacial score (nSPS) is 11.2. The third-order valence-corrected chi connectivity index (χ3v) is 5.58. The van der Waals surface area contributed by atoms with E-state index >= 15 is 0 Å². The Morgan fingerprint density at radius 1 is 0.882 bits per heavy atom. The van der Waals surface area contributed by atoms with Crippen molar-refractivity contribution in [3.05, 3.63) is 102 Å². The largest absolute Gasteiger partial charge is 0.508 e. The Hall–Kier alpha value is -3.79. The highest BCUT2D eigenvalue weighted by molar-refractivity contribution is 5.91. The summed E-state index contributed by atoms with van der Waals surface area (Å²) in [5.74, 6) is 0.495. The van der Waals surface area contributed by atoms with Crippen LogP contribution in [0.5, 0.6) is 11.5 Å². The molecule has 0 aliphatic rings. The molecule has 0 atom stereocenters. The van der Waals surface area contributed by atoms with Crippen LogP contribution in [0.25, 0.3) is 12.2 Å². The zero-order chi connectivity index (χ0) is 24.2. The van der Waals surface area contributed by atoms with Crippen LogP contribution in [0.15, 0.2) is 84.9 Å². The topological polar surface area (TPSA) is 49.8 Å². The van der Waals surface area contributed by atoms with Gasteiger partial charge in [0.25, 0.3) is 0 Å². The molecular weight excluding hydrogens is 422 g/mol. The van der Waals surface area contributed by atoms with Gasteiger partial charge in [-0.25, -0.2) is 4.79 Å². The first-order chi connectivity index (χ1) is 16.6. The molecule has 1 N–H and O–H groups in total. The third kappa shape index (κ3) is 7.38. The lowest BCUT2D eigenvalue weighted by molar-refractivity contribution is 0.0734. The van der Waals surface area contributed by atoms with Gasteiger partial charge in [0.1, 0.15) is 11.5 Å². The average molecular weight is 456 g/mol. The molecule has 3 rings (SSSR count). The fourth-order valence-corrected chi connectivity index (χ4v) is 3.64. The van der Waals surface area contributed by atoms with Crippen LogP contribution in [0.4, 0.5) is 5.69 Å². The SMILES string of the molecule is CCN(CC)c1ccc(/C=C/CCC/C=C/c2ccc(O)cc2)c(OC(=O)c2ccccc2)c1. The van der Waals surface area contributed by atoms with Crippen molar-refractivity contribution in [1.82, 2.24) is 0 Å². The van der Waals surface area contributed by atoms with Gasteiger partial charge in [0, 0.05) is 30.4 Å². The number of carbonyl (C=O) groups excluding carboxylic acids is 1. The summed E-state index contributed by atoms with van der Waals surface area (Å²) < 4.78 is 5.82. The van der Waals surface area contributed by atoms with Gasteiger partial charge in [-0.2, -0.15) is 0 Å². The lowest BCUT2D eigenvalue weighted by atomic mass is 10.1. The van der Waals surface area contributed by atoms with E-state index in [1.165, 1.54) is 0 Å². The van der Waals surface area contributed by atoms with Crippen molar-refractivity contribution < 1.29 is 14.6 Å². The number of phenols is 1. The van der Waals surface area contributed by atoms with E-state index in [2.05, 4.69) is 43.0 Å². The summed E-state index contributed by atoms with van der Waals surface area (Å²) >= 11 is 0. The number of rotatable bonds is 11. The quantitative estimate of drug-likeness (QED) is 0.186. The molecule has 0 radical (unpaired) electrons. The van der Waals surface area contributed by atoms with E-state index in [0.29, 0.717) is 11.3 Å². The number of esters is 1. The molecule has 34 heavy (non-hydrogen) atoms. The zero-order valence-electron chi connectivity index (χ0n) is 20.0. The summed E-state index contributed by atoms with van der Waals surface area (Å²) in [6.07, 6.45) is 11.3. The Kier molecular flexibility index (Phi) is 9.53. The number of carbonyl (C=O) groups is 1. The minimum atomic E-state index is -0.355. The van der Waals surface area contributed by atoms with Gasteiger partial charge in [-0.05, 0) is 75.1 Å². The lowest BCUT2D eigenvalue weighted by Crippen LogP contribution is -2.22. The molecule has 0 fully saturated rings. The number of hydrogen-bond acceptors (Lipinski definition) is 4. The second-order valence-corrected chi connectivity index (χ2v) is 7.98. The van der Waals surface area contributed by atoms with E-state index in [0.717, 1.165) is 49.2 Å². The Morgan fingerprint density at radius 3 is 2.24 bits per heavy atom. The standard InChI is InChI=1S/C30H33NO3/c1-3-31(4-2)27-20-19-25(29(23-27)34-30(33)26-15-11-8-12-16-26)14-10-7-5-6-9-13-24-17-21-28(32)22-18-24/h8-23,32H,3-7H2,1-2H3/b13-9+,14-10+. The maximum atomic E-state index is 12.7. The predicted octanol–water partition coefficient (Wildman–Crippen LogP) is 7.35. The molecule has 4 heteroatoms. The monoisotopic (exact) mass is 455 g/mol. The first-order valence-corrected chi connectivity index (χ1v) is 11.9. The van der Waals surface area contributed by atoms with E-state index in [1.807, 2.05) is 48.5 Å². The summed E-state index contributed by atoms with van der Waals surface area (Å²) in [5.41, 5.74) is 3.54. The van der Waals surface area contributed by atoms with Crippen LogP contribution in [-0.2, 0) is 0 Å². The summed E-state index contributed by atoms with van der Waals surface area (Å²) in [7, 11) is 0. The van der Waals surface area contributed by atoms with Crippen molar-refractivity contribution in [2.75, 3.05) is 18.0 Å². The summed E-state index contributed by atoms with van der Waals surface area (Å²) in [5, 5.41) is 9.35. The van der Waals surface area contributed by atoms with E-state index in [-0.39, 0.29) is 11.7 Å². The van der Waals surface area contributed by atoms with Gasteiger partial charge in [-0.1, -0.05) is 54.6 Å². The third-order valence-electron chi connectivity index (χ3n) is 5.58. The van der Waals surface area contributed by atoms with E-state index < -0.39 is 0 Å². The Morgan fingerprint density at radius 2 is 1.56 bits per heavy atom. The molecule has 0 bridgehead atoms. The van der Waals surface area contributed by atoms with Crippen molar-refractivity contribution in [3.8, 4) is 11.5 Å². The molecule has 0 amide bonds. The van der Waals surface area contributed by atoms with Crippen molar-refractivity contribution in [2.24, 2.45) is 0 Å². The molecular formula is C30H33NO3. The predicted molar refractivity (Wildman–Crippen MR) is 141 cm³/mol. The highest BCUT2D eigenvalue weighted by Gasteiger charge is 2.13. The Balaban J connectivity index is 1.64. The fraction of sp³-hybridized carbons (Fsp3) is 0.233. The maximum Gasteiger partial charge on any atom is 0.343 e. The zero-order valence-corrected chi connectivity index (χ0v) is 20.0. The van der Waals surface area contributed by atoms with Crippen LogP contribution in [-0.4, -0.2) is 24.2 Å². The highest BCUT2D eigenvalue weighted by atomic mass is 16.5. The van der Waals surface area contributed by atoms with E-state index in [9.17, 15) is 9.90 Å². The number of ether oxygens (including phenoxy) is 1. The van der Waals surface area contributed by atoms with E-state index in [1.54, 1.807) is 24.3 Å². The van der Waals surface area contributed by atoms with Gasteiger partial charge in [0.2, 0.25) is 0 Å². The number of phenolic OH excluding ortho intramolecular Hbond substituents is 1. The van der Waals surface area contributed by atoms with Crippen molar-refractivity contribution in [3.63, 3.8) is 0 Å². The van der Waals surface area contributed by atoms with Crippen molar-refractivity contribution >= 4 is 23.8 Å². The molecule has 176 valence electrons. The number of unbranched alkanes of at least 4 members (excludes halogenated alkanes) is 2. The first kappa shape index (κ1) is 24.8. The molecule has 3 aromatic carbocycles. The average Bonchev–Trinajstić information content (AvgIpc) is 2.87. The number of hydrogen-bond donors (Lipinski definition) is 1.